The van der Waals surface area contributed by atoms with Crippen LogP contribution in [0.2, 0.25) is 0 Å². The minimum Gasteiger partial charge on any atom is -0.435 e. The molecule has 0 spiro atoms. The first kappa shape index (κ1) is 11.7. The van der Waals surface area contributed by atoms with Crippen LogP contribution in [0.4, 0.5) is 5.69 Å². The summed E-state index contributed by atoms with van der Waals surface area (Å²) in [5.74, 6) is 0.499. The van der Waals surface area contributed by atoms with Gasteiger partial charge in [0.05, 0.1) is 10.8 Å². The molecule has 0 aliphatic carbocycles. The Balaban J connectivity index is 2.19. The largest absolute Gasteiger partial charge is 0.435 e. The first-order valence-corrected chi connectivity index (χ1v) is 6.09. The first-order chi connectivity index (χ1) is 9.28. The lowest BCUT2D eigenvalue weighted by atomic mass is 10.2. The topological polar surface area (TPSA) is 51.3 Å². The first-order valence-electron chi connectivity index (χ1n) is 5.68. The molecule has 0 bridgehead atoms. The van der Waals surface area contributed by atoms with Gasteiger partial charge in [0, 0.05) is 6.20 Å². The maximum absolute atomic E-state index is 5.71. The zero-order valence-electron chi connectivity index (χ0n) is 10.1. The number of aryl methyl sites for hydroxylation is 1. The quantitative estimate of drug-likeness (QED) is 0.521. The SMILES string of the molecule is Cc1cc2oc(-c3ccccn3)nc2cc1N=C=S. The molecule has 0 aliphatic rings. The second kappa shape index (κ2) is 4.72. The van der Waals surface area contributed by atoms with Gasteiger partial charge in [-0.25, -0.2) is 4.98 Å². The Morgan fingerprint density at radius 1 is 1.32 bits per heavy atom. The highest BCUT2D eigenvalue weighted by atomic mass is 32.1. The van der Waals surface area contributed by atoms with Crippen molar-refractivity contribution in [3.63, 3.8) is 0 Å². The number of aromatic nitrogens is 2. The molecule has 1 aromatic carbocycles. The summed E-state index contributed by atoms with van der Waals surface area (Å²) in [7, 11) is 0. The molecule has 0 aliphatic heterocycles. The number of oxazole rings is 1. The van der Waals surface area contributed by atoms with Crippen LogP contribution in [0.1, 0.15) is 5.56 Å². The van der Waals surface area contributed by atoms with E-state index in [1.807, 2.05) is 37.3 Å². The third-order valence-electron chi connectivity index (χ3n) is 2.76. The van der Waals surface area contributed by atoms with Crippen molar-refractivity contribution in [2.24, 2.45) is 4.99 Å². The zero-order chi connectivity index (χ0) is 13.2. The number of rotatable bonds is 2. The van der Waals surface area contributed by atoms with Crippen LogP contribution in [0.25, 0.3) is 22.7 Å². The van der Waals surface area contributed by atoms with E-state index in [9.17, 15) is 0 Å². The predicted octanol–water partition coefficient (Wildman–Crippen LogP) is 3.93. The van der Waals surface area contributed by atoms with Gasteiger partial charge in [-0.15, -0.1) is 0 Å². The van der Waals surface area contributed by atoms with E-state index in [0.717, 1.165) is 16.8 Å². The maximum atomic E-state index is 5.71. The predicted molar refractivity (Wildman–Crippen MR) is 76.7 cm³/mol. The monoisotopic (exact) mass is 267 g/mol. The zero-order valence-corrected chi connectivity index (χ0v) is 10.9. The molecule has 0 fully saturated rings. The number of hydrogen-bond donors (Lipinski definition) is 0. The molecule has 3 rings (SSSR count). The van der Waals surface area contributed by atoms with Crippen molar-refractivity contribution in [2.75, 3.05) is 0 Å². The van der Waals surface area contributed by atoms with Gasteiger partial charge in [0.15, 0.2) is 5.58 Å². The van der Waals surface area contributed by atoms with Gasteiger partial charge in [-0.3, -0.25) is 4.98 Å². The molecule has 4 nitrogen and oxygen atoms in total. The lowest BCUT2D eigenvalue weighted by molar-refractivity contribution is 0.616. The smallest absolute Gasteiger partial charge is 0.246 e. The Labute approximate surface area is 114 Å². The molecule has 0 unspecified atom stereocenters. The molecule has 0 atom stereocenters. The van der Waals surface area contributed by atoms with Gasteiger partial charge >= 0.3 is 0 Å². The van der Waals surface area contributed by atoms with Crippen molar-refractivity contribution in [3.05, 3.63) is 42.1 Å². The molecule has 0 amide bonds. The Morgan fingerprint density at radius 2 is 2.21 bits per heavy atom. The van der Waals surface area contributed by atoms with Crippen molar-refractivity contribution in [1.82, 2.24) is 9.97 Å². The van der Waals surface area contributed by atoms with E-state index >= 15 is 0 Å². The summed E-state index contributed by atoms with van der Waals surface area (Å²) in [6.45, 7) is 1.94. The van der Waals surface area contributed by atoms with E-state index in [1.54, 1.807) is 6.20 Å². The number of isothiocyanates is 1. The number of fused-ring (bicyclic) bond motifs is 1. The summed E-state index contributed by atoms with van der Waals surface area (Å²) < 4.78 is 5.71. The highest BCUT2D eigenvalue weighted by molar-refractivity contribution is 7.78. The number of pyridine rings is 1. The molecule has 0 saturated heterocycles. The Bertz CT molecular complexity index is 789. The standard InChI is InChI=1S/C14H9N3OS/c1-9-6-13-12(7-11(9)16-8-19)17-14(18-13)10-4-2-3-5-15-10/h2-7H,1H3. The Kier molecular flexibility index (Phi) is 2.91. The van der Waals surface area contributed by atoms with Crippen LogP contribution in [-0.4, -0.2) is 15.1 Å². The fraction of sp³-hybridized carbons (Fsp3) is 0.0714. The van der Waals surface area contributed by atoms with E-state index in [1.165, 1.54) is 0 Å². The minimum absolute atomic E-state index is 0.499. The lowest BCUT2D eigenvalue weighted by Gasteiger charge is -1.95. The molecule has 92 valence electrons. The van der Waals surface area contributed by atoms with E-state index in [0.29, 0.717) is 17.2 Å². The number of thiocarbonyl (C=S) groups is 1. The van der Waals surface area contributed by atoms with Crippen LogP contribution in [0, 0.1) is 6.92 Å². The lowest BCUT2D eigenvalue weighted by Crippen LogP contribution is -1.80. The molecule has 3 aromatic rings. The third kappa shape index (κ3) is 2.17. The summed E-state index contributed by atoms with van der Waals surface area (Å²) >= 11 is 4.63. The highest BCUT2D eigenvalue weighted by Gasteiger charge is 2.10. The summed E-state index contributed by atoms with van der Waals surface area (Å²) in [5.41, 5.74) is 3.87. The summed E-state index contributed by atoms with van der Waals surface area (Å²) in [6.07, 6.45) is 1.71. The third-order valence-corrected chi connectivity index (χ3v) is 2.85. The molecule has 5 heteroatoms. The van der Waals surface area contributed by atoms with Crippen molar-refractivity contribution in [3.8, 4) is 11.6 Å². The van der Waals surface area contributed by atoms with Crippen LogP contribution >= 0.6 is 12.2 Å². The normalized spacial score (nSPS) is 10.4. The molecule has 0 saturated carbocycles. The van der Waals surface area contributed by atoms with Gasteiger partial charge in [0.1, 0.15) is 11.2 Å². The summed E-state index contributed by atoms with van der Waals surface area (Å²) in [6, 6.07) is 9.32. The van der Waals surface area contributed by atoms with Crippen molar-refractivity contribution < 1.29 is 4.42 Å². The van der Waals surface area contributed by atoms with Crippen molar-refractivity contribution >= 4 is 34.2 Å². The Morgan fingerprint density at radius 3 is 2.95 bits per heavy atom. The molecule has 2 heterocycles. The molecule has 19 heavy (non-hydrogen) atoms. The van der Waals surface area contributed by atoms with E-state index < -0.39 is 0 Å². The number of benzene rings is 1. The molecule has 2 aromatic heterocycles. The summed E-state index contributed by atoms with van der Waals surface area (Å²) in [4.78, 5) is 12.6. The number of nitrogens with zero attached hydrogens (tertiary/aromatic N) is 3. The van der Waals surface area contributed by atoms with Gasteiger partial charge in [-0.2, -0.15) is 4.99 Å². The van der Waals surface area contributed by atoms with Gasteiger partial charge in [0.2, 0.25) is 5.89 Å². The van der Waals surface area contributed by atoms with Gasteiger partial charge < -0.3 is 4.42 Å². The number of aliphatic imine (C=N–C) groups is 1. The average Bonchev–Trinajstić information content (AvgIpc) is 2.83. The van der Waals surface area contributed by atoms with Gasteiger partial charge in [-0.1, -0.05) is 6.07 Å². The Hall–Kier alpha value is -2.36. The van der Waals surface area contributed by atoms with Crippen LogP contribution in [0.3, 0.4) is 0 Å². The van der Waals surface area contributed by atoms with Crippen LogP contribution in [-0.2, 0) is 0 Å². The second-order valence-electron chi connectivity index (χ2n) is 4.04. The van der Waals surface area contributed by atoms with Gasteiger partial charge in [-0.05, 0) is 49.0 Å². The molecular formula is C14H9N3OS. The summed E-state index contributed by atoms with van der Waals surface area (Å²) in [5, 5.41) is 2.37. The molecule has 0 N–H and O–H groups in total. The fourth-order valence-corrected chi connectivity index (χ4v) is 1.93. The van der Waals surface area contributed by atoms with Crippen LogP contribution < -0.4 is 0 Å². The minimum atomic E-state index is 0.499. The molecular weight excluding hydrogens is 258 g/mol. The van der Waals surface area contributed by atoms with Gasteiger partial charge in [0.25, 0.3) is 0 Å². The second-order valence-corrected chi connectivity index (χ2v) is 4.23. The average molecular weight is 267 g/mol. The van der Waals surface area contributed by atoms with Crippen molar-refractivity contribution in [1.29, 1.82) is 0 Å². The molecule has 0 radical (unpaired) electrons. The highest BCUT2D eigenvalue weighted by Crippen LogP contribution is 2.28. The fourth-order valence-electron chi connectivity index (χ4n) is 1.83. The van der Waals surface area contributed by atoms with Crippen LogP contribution in [0.15, 0.2) is 45.9 Å². The van der Waals surface area contributed by atoms with E-state index in [-0.39, 0.29) is 0 Å². The van der Waals surface area contributed by atoms with E-state index in [2.05, 4.69) is 32.3 Å². The van der Waals surface area contributed by atoms with Crippen LogP contribution in [0.5, 0.6) is 0 Å². The van der Waals surface area contributed by atoms with Crippen molar-refractivity contribution in [2.45, 2.75) is 6.92 Å². The maximum Gasteiger partial charge on any atom is 0.246 e. The van der Waals surface area contributed by atoms with E-state index in [4.69, 9.17) is 4.42 Å². The number of hydrogen-bond acceptors (Lipinski definition) is 5.